The Hall–Kier alpha value is -3.03. The minimum absolute atomic E-state index is 0.00984. The van der Waals surface area contributed by atoms with Gasteiger partial charge in [-0.2, -0.15) is 0 Å². The molecule has 1 saturated heterocycles. The Bertz CT molecular complexity index is 1000. The fourth-order valence-electron chi connectivity index (χ4n) is 3.52. The monoisotopic (exact) mass is 355 g/mol. The molecule has 134 valence electrons. The summed E-state index contributed by atoms with van der Waals surface area (Å²) in [6, 6.07) is 6.09. The molecule has 1 fully saturated rings. The predicted octanol–water partition coefficient (Wildman–Crippen LogP) is 1.66. The molecule has 0 atom stereocenters. The van der Waals surface area contributed by atoms with Gasteiger partial charge in [0.15, 0.2) is 5.65 Å². The van der Waals surface area contributed by atoms with Crippen LogP contribution in [0, 0.1) is 5.82 Å². The highest BCUT2D eigenvalue weighted by Crippen LogP contribution is 2.24. The lowest BCUT2D eigenvalue weighted by molar-refractivity contribution is -0.131. The Morgan fingerprint density at radius 3 is 2.88 bits per heavy atom. The van der Waals surface area contributed by atoms with Crippen LogP contribution in [0.5, 0.6) is 0 Å². The molecular formula is C18H18FN5O2. The van der Waals surface area contributed by atoms with E-state index in [-0.39, 0.29) is 29.9 Å². The third kappa shape index (κ3) is 3.10. The fraction of sp³-hybridized carbons (Fsp3) is 0.333. The second kappa shape index (κ2) is 6.70. The van der Waals surface area contributed by atoms with Gasteiger partial charge in [-0.3, -0.25) is 9.36 Å². The number of aromatic nitrogens is 4. The van der Waals surface area contributed by atoms with Crippen LogP contribution in [0.15, 0.2) is 41.6 Å². The molecule has 1 aromatic carbocycles. The number of hydrogen-bond donors (Lipinski definition) is 1. The van der Waals surface area contributed by atoms with Gasteiger partial charge in [-0.25, -0.2) is 19.2 Å². The number of amides is 1. The number of fused-ring (bicyclic) bond motifs is 1. The van der Waals surface area contributed by atoms with Crippen molar-refractivity contribution in [2.75, 3.05) is 13.1 Å². The quantitative estimate of drug-likeness (QED) is 0.775. The standard InChI is InChI=1S/C18H18FN5O2/c19-13-3-1-2-12(8-13)9-16(25)23-6-4-14(5-7-23)24-17-15(22-18(24)26)10-20-11-21-17/h1-3,8,10-11,14H,4-7,9H2,(H,22,26). The maximum Gasteiger partial charge on any atom is 0.327 e. The van der Waals surface area contributed by atoms with Crippen molar-refractivity contribution in [2.45, 2.75) is 25.3 Å². The summed E-state index contributed by atoms with van der Waals surface area (Å²) in [6.45, 7) is 1.12. The molecule has 1 amide bonds. The average Bonchev–Trinajstić information content (AvgIpc) is 2.97. The van der Waals surface area contributed by atoms with Crippen molar-refractivity contribution in [2.24, 2.45) is 0 Å². The van der Waals surface area contributed by atoms with Gasteiger partial charge in [-0.05, 0) is 30.5 Å². The molecule has 4 rings (SSSR count). The van der Waals surface area contributed by atoms with Crippen LogP contribution in [0.25, 0.3) is 11.2 Å². The highest BCUT2D eigenvalue weighted by Gasteiger charge is 2.26. The molecule has 0 radical (unpaired) electrons. The number of nitrogens with zero attached hydrogens (tertiary/aromatic N) is 4. The maximum absolute atomic E-state index is 13.3. The lowest BCUT2D eigenvalue weighted by atomic mass is 10.0. The van der Waals surface area contributed by atoms with E-state index in [1.165, 1.54) is 18.5 Å². The number of piperidine rings is 1. The SMILES string of the molecule is O=C(Cc1cccc(F)c1)N1CCC(n2c(=O)[nH]c3cncnc32)CC1. The van der Waals surface area contributed by atoms with Gasteiger partial charge in [-0.1, -0.05) is 12.1 Å². The molecule has 1 aliphatic rings. The molecule has 26 heavy (non-hydrogen) atoms. The second-order valence-corrected chi connectivity index (χ2v) is 6.48. The minimum Gasteiger partial charge on any atom is -0.342 e. The van der Waals surface area contributed by atoms with Crippen LogP contribution in [-0.2, 0) is 11.2 Å². The summed E-state index contributed by atoms with van der Waals surface area (Å²) >= 11 is 0. The van der Waals surface area contributed by atoms with Crippen LogP contribution in [0.1, 0.15) is 24.4 Å². The van der Waals surface area contributed by atoms with Gasteiger partial charge >= 0.3 is 5.69 Å². The van der Waals surface area contributed by atoms with E-state index in [2.05, 4.69) is 15.0 Å². The van der Waals surface area contributed by atoms with Crippen molar-refractivity contribution in [3.63, 3.8) is 0 Å². The lowest BCUT2D eigenvalue weighted by Crippen LogP contribution is -2.41. The minimum atomic E-state index is -0.338. The summed E-state index contributed by atoms with van der Waals surface area (Å²) in [7, 11) is 0. The zero-order chi connectivity index (χ0) is 18.1. The van der Waals surface area contributed by atoms with E-state index in [0.29, 0.717) is 42.7 Å². The molecule has 1 N–H and O–H groups in total. The lowest BCUT2D eigenvalue weighted by Gasteiger charge is -2.32. The second-order valence-electron chi connectivity index (χ2n) is 6.48. The van der Waals surface area contributed by atoms with Gasteiger partial charge in [0.25, 0.3) is 0 Å². The maximum atomic E-state index is 13.3. The number of halogens is 1. The number of likely N-dealkylation sites (tertiary alicyclic amines) is 1. The third-order valence-corrected chi connectivity index (χ3v) is 4.81. The third-order valence-electron chi connectivity index (χ3n) is 4.81. The van der Waals surface area contributed by atoms with Gasteiger partial charge in [0.05, 0.1) is 12.6 Å². The normalized spacial score (nSPS) is 15.5. The predicted molar refractivity (Wildman–Crippen MR) is 93.1 cm³/mol. The van der Waals surface area contributed by atoms with Gasteiger partial charge in [0.1, 0.15) is 17.7 Å². The number of hydrogen-bond acceptors (Lipinski definition) is 4. The van der Waals surface area contributed by atoms with Crippen LogP contribution in [0.4, 0.5) is 4.39 Å². The largest absolute Gasteiger partial charge is 0.342 e. The van der Waals surface area contributed by atoms with E-state index < -0.39 is 0 Å². The van der Waals surface area contributed by atoms with Crippen LogP contribution < -0.4 is 5.69 Å². The number of aromatic amines is 1. The highest BCUT2D eigenvalue weighted by molar-refractivity contribution is 5.78. The van der Waals surface area contributed by atoms with Gasteiger partial charge in [0, 0.05) is 19.1 Å². The Morgan fingerprint density at radius 1 is 1.31 bits per heavy atom. The van der Waals surface area contributed by atoms with E-state index in [1.807, 2.05) is 0 Å². The van der Waals surface area contributed by atoms with Crippen LogP contribution in [0.3, 0.4) is 0 Å². The smallest absolute Gasteiger partial charge is 0.327 e. The molecule has 3 aromatic rings. The fourth-order valence-corrected chi connectivity index (χ4v) is 3.52. The molecule has 3 heterocycles. The molecule has 2 aromatic heterocycles. The molecule has 7 nitrogen and oxygen atoms in total. The van der Waals surface area contributed by atoms with Crippen LogP contribution in [-0.4, -0.2) is 43.4 Å². The van der Waals surface area contributed by atoms with Crippen LogP contribution >= 0.6 is 0 Å². The zero-order valence-electron chi connectivity index (χ0n) is 14.1. The number of benzene rings is 1. The summed E-state index contributed by atoms with van der Waals surface area (Å²) in [4.78, 5) is 37.4. The average molecular weight is 355 g/mol. The summed E-state index contributed by atoms with van der Waals surface area (Å²) < 4.78 is 14.9. The van der Waals surface area contributed by atoms with Crippen molar-refractivity contribution in [3.05, 3.63) is 58.7 Å². The number of H-pyrrole nitrogens is 1. The Balaban J connectivity index is 1.44. The van der Waals surface area contributed by atoms with E-state index in [4.69, 9.17) is 0 Å². The van der Waals surface area contributed by atoms with Crippen molar-refractivity contribution in [3.8, 4) is 0 Å². The van der Waals surface area contributed by atoms with Crippen molar-refractivity contribution in [1.82, 2.24) is 24.4 Å². The summed E-state index contributed by atoms with van der Waals surface area (Å²) in [5, 5.41) is 0. The molecule has 0 unspecified atom stereocenters. The van der Waals surface area contributed by atoms with Crippen molar-refractivity contribution >= 4 is 17.1 Å². The number of carbonyl (C=O) groups is 1. The number of carbonyl (C=O) groups excluding carboxylic acids is 1. The molecule has 0 bridgehead atoms. The Morgan fingerprint density at radius 2 is 2.12 bits per heavy atom. The van der Waals surface area contributed by atoms with Gasteiger partial charge in [-0.15, -0.1) is 0 Å². The number of nitrogens with one attached hydrogen (secondary N) is 1. The molecule has 1 aliphatic heterocycles. The first-order chi connectivity index (χ1) is 12.6. The summed E-state index contributed by atoms with van der Waals surface area (Å²) in [5.74, 6) is -0.364. The van der Waals surface area contributed by atoms with Crippen LogP contribution in [0.2, 0.25) is 0 Å². The Labute approximate surface area is 148 Å². The van der Waals surface area contributed by atoms with Gasteiger partial charge < -0.3 is 9.88 Å². The summed E-state index contributed by atoms with van der Waals surface area (Å²) in [6.07, 6.45) is 4.53. The Kier molecular flexibility index (Phi) is 4.24. The molecular weight excluding hydrogens is 337 g/mol. The molecule has 8 heteroatoms. The summed E-state index contributed by atoms with van der Waals surface area (Å²) in [5.41, 5.74) is 1.67. The zero-order valence-corrected chi connectivity index (χ0v) is 14.1. The van der Waals surface area contributed by atoms with Gasteiger partial charge in [0.2, 0.25) is 5.91 Å². The van der Waals surface area contributed by atoms with E-state index in [0.717, 1.165) is 0 Å². The topological polar surface area (TPSA) is 83.9 Å². The van der Waals surface area contributed by atoms with Crippen molar-refractivity contribution < 1.29 is 9.18 Å². The molecule has 0 spiro atoms. The first-order valence-electron chi connectivity index (χ1n) is 8.54. The molecule has 0 aliphatic carbocycles. The van der Waals surface area contributed by atoms with E-state index in [1.54, 1.807) is 27.8 Å². The van der Waals surface area contributed by atoms with E-state index in [9.17, 15) is 14.0 Å². The highest BCUT2D eigenvalue weighted by atomic mass is 19.1. The van der Waals surface area contributed by atoms with Crippen molar-refractivity contribution in [1.29, 1.82) is 0 Å². The first-order valence-corrected chi connectivity index (χ1v) is 8.54. The first kappa shape index (κ1) is 16.4. The number of imidazole rings is 1. The number of rotatable bonds is 3. The molecule has 0 saturated carbocycles. The van der Waals surface area contributed by atoms with E-state index >= 15 is 0 Å².